The first-order valence-electron chi connectivity index (χ1n) is 8.49. The Morgan fingerprint density at radius 1 is 1.08 bits per heavy atom. The molecule has 2 heterocycles. The molecule has 1 aromatic rings. The SMILES string of the molecule is O=C([C@H]1CCS(=O)(=O)C1)N1CCN(S(=O)(=O)/C=C/c2ccccc2)CC1. The minimum atomic E-state index is -3.55. The van der Waals surface area contributed by atoms with Crippen molar-refractivity contribution in [3.63, 3.8) is 0 Å². The minimum absolute atomic E-state index is 0.0576. The van der Waals surface area contributed by atoms with Crippen LogP contribution in [0.15, 0.2) is 35.7 Å². The Hall–Kier alpha value is -1.71. The lowest BCUT2D eigenvalue weighted by molar-refractivity contribution is -0.135. The number of rotatable bonds is 4. The van der Waals surface area contributed by atoms with E-state index in [1.807, 2.05) is 30.3 Å². The summed E-state index contributed by atoms with van der Waals surface area (Å²) in [5.74, 6) is -0.698. The van der Waals surface area contributed by atoms with Crippen LogP contribution in [-0.4, -0.2) is 69.6 Å². The molecule has 26 heavy (non-hydrogen) atoms. The molecule has 2 saturated heterocycles. The van der Waals surface area contributed by atoms with Gasteiger partial charge in [0.25, 0.3) is 0 Å². The second-order valence-corrected chi connectivity index (χ2v) is 10.6. The van der Waals surface area contributed by atoms with Crippen molar-refractivity contribution in [3.8, 4) is 0 Å². The number of piperazine rings is 1. The zero-order chi connectivity index (χ0) is 18.8. The first-order valence-corrected chi connectivity index (χ1v) is 11.8. The van der Waals surface area contributed by atoms with E-state index in [4.69, 9.17) is 0 Å². The molecule has 142 valence electrons. The van der Waals surface area contributed by atoms with Crippen LogP contribution in [0, 0.1) is 5.92 Å². The first kappa shape index (κ1) is 19.1. The summed E-state index contributed by atoms with van der Waals surface area (Å²) in [6.45, 7) is 1.00. The molecule has 0 N–H and O–H groups in total. The molecule has 2 aliphatic heterocycles. The summed E-state index contributed by atoms with van der Waals surface area (Å²) in [5.41, 5.74) is 0.798. The van der Waals surface area contributed by atoms with E-state index in [-0.39, 0.29) is 43.6 Å². The van der Waals surface area contributed by atoms with Crippen LogP contribution in [0.25, 0.3) is 6.08 Å². The molecule has 3 rings (SSSR count). The highest BCUT2D eigenvalue weighted by Gasteiger charge is 2.37. The van der Waals surface area contributed by atoms with Crippen molar-refractivity contribution < 1.29 is 21.6 Å². The predicted molar refractivity (Wildman–Crippen MR) is 99.3 cm³/mol. The van der Waals surface area contributed by atoms with Crippen LogP contribution in [0.1, 0.15) is 12.0 Å². The van der Waals surface area contributed by atoms with Gasteiger partial charge in [0.15, 0.2) is 9.84 Å². The van der Waals surface area contributed by atoms with Gasteiger partial charge in [-0.3, -0.25) is 4.79 Å². The Morgan fingerprint density at radius 2 is 1.73 bits per heavy atom. The molecule has 2 fully saturated rings. The maximum atomic E-state index is 12.4. The van der Waals surface area contributed by atoms with Crippen molar-refractivity contribution in [2.75, 3.05) is 37.7 Å². The number of carbonyl (C=O) groups excluding carboxylic acids is 1. The molecule has 0 bridgehead atoms. The highest BCUT2D eigenvalue weighted by atomic mass is 32.2. The van der Waals surface area contributed by atoms with E-state index >= 15 is 0 Å². The van der Waals surface area contributed by atoms with E-state index in [0.717, 1.165) is 5.56 Å². The van der Waals surface area contributed by atoms with Crippen molar-refractivity contribution in [3.05, 3.63) is 41.3 Å². The van der Waals surface area contributed by atoms with Crippen LogP contribution in [-0.2, 0) is 24.7 Å². The van der Waals surface area contributed by atoms with Gasteiger partial charge in [-0.2, -0.15) is 4.31 Å². The number of sulfonamides is 1. The molecular weight excluding hydrogens is 376 g/mol. The van der Waals surface area contributed by atoms with Gasteiger partial charge >= 0.3 is 0 Å². The Kier molecular flexibility index (Phi) is 5.50. The number of nitrogens with zero attached hydrogens (tertiary/aromatic N) is 2. The zero-order valence-corrected chi connectivity index (χ0v) is 16.0. The smallest absolute Gasteiger partial charge is 0.236 e. The number of hydrogen-bond acceptors (Lipinski definition) is 5. The second kappa shape index (κ2) is 7.50. The highest BCUT2D eigenvalue weighted by molar-refractivity contribution is 7.92. The molecule has 0 saturated carbocycles. The number of amides is 1. The summed E-state index contributed by atoms with van der Waals surface area (Å²) in [6.07, 6.45) is 1.91. The molecule has 0 aromatic heterocycles. The van der Waals surface area contributed by atoms with E-state index in [1.54, 1.807) is 11.0 Å². The highest BCUT2D eigenvalue weighted by Crippen LogP contribution is 2.22. The Bertz CT molecular complexity index is 886. The summed E-state index contributed by atoms with van der Waals surface area (Å²) in [7, 11) is -6.66. The molecule has 1 aromatic carbocycles. The average Bonchev–Trinajstić information content (AvgIpc) is 3.00. The van der Waals surface area contributed by atoms with Gasteiger partial charge in [-0.1, -0.05) is 30.3 Å². The summed E-state index contributed by atoms with van der Waals surface area (Å²) < 4.78 is 49.3. The fourth-order valence-corrected chi connectivity index (χ4v) is 6.13. The summed E-state index contributed by atoms with van der Waals surface area (Å²) in [6, 6.07) is 9.16. The summed E-state index contributed by atoms with van der Waals surface area (Å²) in [4.78, 5) is 14.0. The number of hydrogen-bond donors (Lipinski definition) is 0. The molecule has 2 aliphatic rings. The van der Waals surface area contributed by atoms with Crippen LogP contribution in [0.3, 0.4) is 0 Å². The maximum Gasteiger partial charge on any atom is 0.236 e. The lowest BCUT2D eigenvalue weighted by atomic mass is 10.1. The normalized spacial score (nSPS) is 24.2. The van der Waals surface area contributed by atoms with Crippen molar-refractivity contribution in [2.24, 2.45) is 5.92 Å². The average molecular weight is 399 g/mol. The third-order valence-electron chi connectivity index (χ3n) is 4.72. The maximum absolute atomic E-state index is 12.4. The Balaban J connectivity index is 1.57. The lowest BCUT2D eigenvalue weighted by Crippen LogP contribution is -2.51. The largest absolute Gasteiger partial charge is 0.340 e. The van der Waals surface area contributed by atoms with Crippen molar-refractivity contribution >= 4 is 31.8 Å². The van der Waals surface area contributed by atoms with E-state index in [2.05, 4.69) is 0 Å². The lowest BCUT2D eigenvalue weighted by Gasteiger charge is -2.34. The van der Waals surface area contributed by atoms with Crippen LogP contribution in [0.4, 0.5) is 0 Å². The second-order valence-electron chi connectivity index (χ2n) is 6.58. The minimum Gasteiger partial charge on any atom is -0.340 e. The Labute approximate surface area is 154 Å². The van der Waals surface area contributed by atoms with Gasteiger partial charge in [-0.15, -0.1) is 0 Å². The molecule has 0 radical (unpaired) electrons. The topological polar surface area (TPSA) is 91.8 Å². The van der Waals surface area contributed by atoms with Gasteiger partial charge in [0.1, 0.15) is 0 Å². The molecule has 1 amide bonds. The third-order valence-corrected chi connectivity index (χ3v) is 8.06. The molecule has 9 heteroatoms. The van der Waals surface area contributed by atoms with Gasteiger partial charge in [0.2, 0.25) is 15.9 Å². The van der Waals surface area contributed by atoms with Gasteiger partial charge in [-0.05, 0) is 18.1 Å². The molecule has 7 nitrogen and oxygen atoms in total. The Morgan fingerprint density at radius 3 is 2.31 bits per heavy atom. The van der Waals surface area contributed by atoms with E-state index < -0.39 is 25.8 Å². The van der Waals surface area contributed by atoms with E-state index in [1.165, 1.54) is 9.71 Å². The third kappa shape index (κ3) is 4.52. The standard InChI is InChI=1S/C17H22N2O5S2/c20-17(16-7-12-25(21,22)14-16)18-8-10-19(11-9-18)26(23,24)13-6-15-4-2-1-3-5-15/h1-6,13,16H,7-12,14H2/b13-6+/t16-/m0/s1. The molecule has 0 aliphatic carbocycles. The zero-order valence-electron chi connectivity index (χ0n) is 14.3. The van der Waals surface area contributed by atoms with Crippen molar-refractivity contribution in [1.82, 2.24) is 9.21 Å². The van der Waals surface area contributed by atoms with Crippen LogP contribution < -0.4 is 0 Å². The monoisotopic (exact) mass is 398 g/mol. The van der Waals surface area contributed by atoms with Gasteiger partial charge in [-0.25, -0.2) is 16.8 Å². The quantitative estimate of drug-likeness (QED) is 0.739. The molecule has 0 unspecified atom stereocenters. The van der Waals surface area contributed by atoms with Crippen LogP contribution >= 0.6 is 0 Å². The van der Waals surface area contributed by atoms with Crippen molar-refractivity contribution in [2.45, 2.75) is 6.42 Å². The fraction of sp³-hybridized carbons (Fsp3) is 0.471. The van der Waals surface area contributed by atoms with E-state index in [9.17, 15) is 21.6 Å². The van der Waals surface area contributed by atoms with E-state index in [0.29, 0.717) is 6.42 Å². The summed E-state index contributed by atoms with van der Waals surface area (Å²) in [5, 5.41) is 1.18. The van der Waals surface area contributed by atoms with Gasteiger partial charge < -0.3 is 4.90 Å². The molecule has 1 atom stereocenters. The molecule has 0 spiro atoms. The van der Waals surface area contributed by atoms with Gasteiger partial charge in [0, 0.05) is 31.6 Å². The first-order chi connectivity index (χ1) is 12.3. The van der Waals surface area contributed by atoms with Crippen LogP contribution in [0.2, 0.25) is 0 Å². The van der Waals surface area contributed by atoms with Crippen LogP contribution in [0.5, 0.6) is 0 Å². The predicted octanol–water partition coefficient (Wildman–Crippen LogP) is 0.566. The van der Waals surface area contributed by atoms with Gasteiger partial charge in [0.05, 0.1) is 17.4 Å². The number of sulfone groups is 1. The number of carbonyl (C=O) groups is 1. The molecular formula is C17H22N2O5S2. The number of benzene rings is 1. The fourth-order valence-electron chi connectivity index (χ4n) is 3.23. The summed E-state index contributed by atoms with van der Waals surface area (Å²) >= 11 is 0. The van der Waals surface area contributed by atoms with Crippen molar-refractivity contribution in [1.29, 1.82) is 0 Å².